The number of piperidine rings is 1. The minimum atomic E-state index is -0.0153. The van der Waals surface area contributed by atoms with Crippen molar-refractivity contribution in [1.29, 1.82) is 0 Å². The molecule has 2 N–H and O–H groups in total. The highest BCUT2D eigenvalue weighted by molar-refractivity contribution is 5.92. The van der Waals surface area contributed by atoms with E-state index in [4.69, 9.17) is 0 Å². The molecule has 2 amide bonds. The van der Waals surface area contributed by atoms with Crippen LogP contribution in [0.2, 0.25) is 0 Å². The number of amides is 2. The van der Waals surface area contributed by atoms with Crippen LogP contribution < -0.4 is 10.6 Å². The molecule has 0 aromatic heterocycles. The molecular weight excluding hydrogens is 374 g/mol. The molecule has 30 heavy (non-hydrogen) atoms. The summed E-state index contributed by atoms with van der Waals surface area (Å²) >= 11 is 0. The van der Waals surface area contributed by atoms with Gasteiger partial charge in [0.1, 0.15) is 0 Å². The van der Waals surface area contributed by atoms with Crippen LogP contribution in [0.1, 0.15) is 44.2 Å². The Morgan fingerprint density at radius 2 is 1.87 bits per heavy atom. The first-order chi connectivity index (χ1) is 14.5. The van der Waals surface area contributed by atoms with Crippen molar-refractivity contribution in [3.8, 4) is 0 Å². The van der Waals surface area contributed by atoms with Crippen LogP contribution in [0.15, 0.2) is 54.6 Å². The molecule has 3 rings (SSSR count). The topological polar surface area (TPSA) is 61.4 Å². The molecule has 2 aromatic rings. The predicted molar refractivity (Wildman–Crippen MR) is 121 cm³/mol. The molecule has 1 aliphatic heterocycles. The Morgan fingerprint density at radius 1 is 1.10 bits per heavy atom. The number of carbonyl (C=O) groups excluding carboxylic acids is 2. The van der Waals surface area contributed by atoms with Gasteiger partial charge in [-0.1, -0.05) is 56.3 Å². The standard InChI is InChI=1S/C25H33N3O2/c1-3-19(2)24(29)27-23-13-7-11-21(15-23)16-26-25(30)22-12-8-14-28(18-22)17-20-9-5-4-6-10-20/h4-7,9-11,13,15,19,22H,3,8,12,14,16-18H2,1-2H3,(H,26,30)(H,27,29). The monoisotopic (exact) mass is 407 g/mol. The number of nitrogens with one attached hydrogen (secondary N) is 2. The lowest BCUT2D eigenvalue weighted by atomic mass is 9.96. The fourth-order valence-corrected chi connectivity index (χ4v) is 3.80. The first-order valence-electron chi connectivity index (χ1n) is 11.0. The summed E-state index contributed by atoms with van der Waals surface area (Å²) in [7, 11) is 0. The van der Waals surface area contributed by atoms with E-state index < -0.39 is 0 Å². The third-order valence-corrected chi connectivity index (χ3v) is 5.85. The molecule has 0 spiro atoms. The third-order valence-electron chi connectivity index (χ3n) is 5.85. The number of anilines is 1. The number of likely N-dealkylation sites (tertiary alicyclic amines) is 1. The zero-order chi connectivity index (χ0) is 21.3. The molecular formula is C25H33N3O2. The van der Waals surface area contributed by atoms with Crippen molar-refractivity contribution < 1.29 is 9.59 Å². The van der Waals surface area contributed by atoms with Crippen molar-refractivity contribution >= 4 is 17.5 Å². The van der Waals surface area contributed by atoms with Gasteiger partial charge in [-0.3, -0.25) is 14.5 Å². The minimum absolute atomic E-state index is 0.0153. The first kappa shape index (κ1) is 22.0. The summed E-state index contributed by atoms with van der Waals surface area (Å²) in [6.07, 6.45) is 2.79. The van der Waals surface area contributed by atoms with Crippen molar-refractivity contribution in [2.24, 2.45) is 11.8 Å². The quantitative estimate of drug-likeness (QED) is 0.689. The van der Waals surface area contributed by atoms with Crippen LogP contribution in [0.4, 0.5) is 5.69 Å². The second-order valence-electron chi connectivity index (χ2n) is 8.28. The van der Waals surface area contributed by atoms with E-state index in [1.807, 2.05) is 44.2 Å². The molecule has 0 aliphatic carbocycles. The van der Waals surface area contributed by atoms with Gasteiger partial charge >= 0.3 is 0 Å². The number of carbonyl (C=O) groups is 2. The summed E-state index contributed by atoms with van der Waals surface area (Å²) < 4.78 is 0. The van der Waals surface area contributed by atoms with Gasteiger partial charge in [-0.05, 0) is 49.1 Å². The van der Waals surface area contributed by atoms with Crippen LogP contribution in [0.3, 0.4) is 0 Å². The largest absolute Gasteiger partial charge is 0.352 e. The van der Waals surface area contributed by atoms with Crippen LogP contribution in [0.5, 0.6) is 0 Å². The molecule has 1 saturated heterocycles. The van der Waals surface area contributed by atoms with Gasteiger partial charge in [0.25, 0.3) is 0 Å². The Bertz CT molecular complexity index is 837. The lowest BCUT2D eigenvalue weighted by Gasteiger charge is -2.32. The molecule has 2 aromatic carbocycles. The Labute approximate surface area is 179 Å². The van der Waals surface area contributed by atoms with Crippen LogP contribution in [-0.4, -0.2) is 29.8 Å². The van der Waals surface area contributed by atoms with Crippen molar-refractivity contribution in [2.75, 3.05) is 18.4 Å². The Morgan fingerprint density at radius 3 is 2.63 bits per heavy atom. The first-order valence-corrected chi connectivity index (χ1v) is 11.0. The van der Waals surface area contributed by atoms with E-state index in [1.165, 1.54) is 5.56 Å². The summed E-state index contributed by atoms with van der Waals surface area (Å²) in [6, 6.07) is 18.1. The highest BCUT2D eigenvalue weighted by atomic mass is 16.2. The van der Waals surface area contributed by atoms with Gasteiger partial charge in [0.05, 0.1) is 5.92 Å². The summed E-state index contributed by atoms with van der Waals surface area (Å²) in [4.78, 5) is 27.2. The van der Waals surface area contributed by atoms with Gasteiger partial charge in [-0.15, -0.1) is 0 Å². The van der Waals surface area contributed by atoms with E-state index in [9.17, 15) is 9.59 Å². The minimum Gasteiger partial charge on any atom is -0.352 e. The van der Waals surface area contributed by atoms with Gasteiger partial charge in [0.2, 0.25) is 11.8 Å². The highest BCUT2D eigenvalue weighted by Crippen LogP contribution is 2.19. The van der Waals surface area contributed by atoms with E-state index >= 15 is 0 Å². The summed E-state index contributed by atoms with van der Waals surface area (Å²) in [5.41, 5.74) is 3.05. The number of hydrogen-bond donors (Lipinski definition) is 2. The van der Waals surface area contributed by atoms with E-state index in [1.54, 1.807) is 0 Å². The maximum atomic E-state index is 12.8. The Hall–Kier alpha value is -2.66. The van der Waals surface area contributed by atoms with Crippen LogP contribution in [-0.2, 0) is 22.7 Å². The highest BCUT2D eigenvalue weighted by Gasteiger charge is 2.25. The molecule has 2 atom stereocenters. The summed E-state index contributed by atoms with van der Waals surface area (Å²) in [5.74, 6) is 0.149. The van der Waals surface area contributed by atoms with Gasteiger partial charge in [0.15, 0.2) is 0 Å². The molecule has 1 fully saturated rings. The Kier molecular flexibility index (Phi) is 8.03. The smallest absolute Gasteiger partial charge is 0.227 e. The SMILES string of the molecule is CCC(C)C(=O)Nc1cccc(CNC(=O)C2CCCN(Cc3ccccc3)C2)c1. The van der Waals surface area contributed by atoms with Gasteiger partial charge in [-0.25, -0.2) is 0 Å². The zero-order valence-electron chi connectivity index (χ0n) is 18.1. The zero-order valence-corrected chi connectivity index (χ0v) is 18.1. The number of rotatable bonds is 8. The van der Waals surface area contributed by atoms with Crippen molar-refractivity contribution in [3.63, 3.8) is 0 Å². The molecule has 5 heteroatoms. The Balaban J connectivity index is 1.50. The molecule has 1 aliphatic rings. The average molecular weight is 408 g/mol. The van der Waals surface area contributed by atoms with Crippen LogP contribution >= 0.6 is 0 Å². The number of benzene rings is 2. The fourth-order valence-electron chi connectivity index (χ4n) is 3.80. The van der Waals surface area contributed by atoms with Crippen LogP contribution in [0.25, 0.3) is 0 Å². The molecule has 160 valence electrons. The van der Waals surface area contributed by atoms with E-state index in [-0.39, 0.29) is 23.7 Å². The van der Waals surface area contributed by atoms with Crippen molar-refractivity contribution in [2.45, 2.75) is 46.2 Å². The summed E-state index contributed by atoms with van der Waals surface area (Å²) in [6.45, 7) is 7.12. The van der Waals surface area contributed by atoms with Gasteiger partial charge in [0, 0.05) is 31.2 Å². The normalized spacial score (nSPS) is 17.9. The van der Waals surface area contributed by atoms with E-state index in [0.29, 0.717) is 6.54 Å². The molecule has 2 unspecified atom stereocenters. The van der Waals surface area contributed by atoms with Crippen molar-refractivity contribution in [1.82, 2.24) is 10.2 Å². The van der Waals surface area contributed by atoms with Crippen LogP contribution in [0, 0.1) is 11.8 Å². The second kappa shape index (κ2) is 10.9. The van der Waals surface area contributed by atoms with Gasteiger partial charge in [-0.2, -0.15) is 0 Å². The van der Waals surface area contributed by atoms with E-state index in [0.717, 1.165) is 50.1 Å². The van der Waals surface area contributed by atoms with E-state index in [2.05, 4.69) is 39.8 Å². The fraction of sp³-hybridized carbons (Fsp3) is 0.440. The summed E-state index contributed by atoms with van der Waals surface area (Å²) in [5, 5.41) is 6.04. The lowest BCUT2D eigenvalue weighted by molar-refractivity contribution is -0.127. The number of nitrogens with zero attached hydrogens (tertiary/aromatic N) is 1. The third kappa shape index (κ3) is 6.42. The predicted octanol–water partition coefficient (Wildman–Crippen LogP) is 4.20. The molecule has 1 heterocycles. The molecule has 5 nitrogen and oxygen atoms in total. The van der Waals surface area contributed by atoms with Gasteiger partial charge < -0.3 is 10.6 Å². The van der Waals surface area contributed by atoms with Crippen molar-refractivity contribution in [3.05, 3.63) is 65.7 Å². The second-order valence-corrected chi connectivity index (χ2v) is 8.28. The lowest BCUT2D eigenvalue weighted by Crippen LogP contribution is -2.42. The maximum Gasteiger partial charge on any atom is 0.227 e. The molecule has 0 bridgehead atoms. The molecule has 0 radical (unpaired) electrons. The molecule has 0 saturated carbocycles. The maximum absolute atomic E-state index is 12.8. The number of hydrogen-bond acceptors (Lipinski definition) is 3. The average Bonchev–Trinajstić information content (AvgIpc) is 2.78.